The maximum atomic E-state index is 12.1. The second-order valence-corrected chi connectivity index (χ2v) is 7.23. The first kappa shape index (κ1) is 19.3. The molecule has 0 radical (unpaired) electrons. The Morgan fingerprint density at radius 3 is 2.72 bits per heavy atom. The Bertz CT molecular complexity index is 729. The van der Waals surface area contributed by atoms with Gasteiger partial charge in [0.2, 0.25) is 5.91 Å². The number of fused-ring (bicyclic) bond motifs is 1. The number of unbranched alkanes of at least 4 members (excludes halogenated alkanes) is 3. The summed E-state index contributed by atoms with van der Waals surface area (Å²) in [6, 6.07) is 7.51. The van der Waals surface area contributed by atoms with Gasteiger partial charge >= 0.3 is 6.03 Å². The SMILES string of the molecule is CCCCCCn1c(SC(C)C(=O)NC(=O)NC)nc2ccccc21. The predicted octanol–water partition coefficient (Wildman–Crippen LogP) is 3.55. The molecule has 0 aliphatic carbocycles. The Labute approximate surface area is 152 Å². The zero-order chi connectivity index (χ0) is 18.2. The summed E-state index contributed by atoms with van der Waals surface area (Å²) in [6.07, 6.45) is 4.68. The third kappa shape index (κ3) is 5.22. The standard InChI is InChI=1S/C18H26N4O2S/c1-4-5-6-9-12-22-15-11-8-7-10-14(15)20-18(22)25-13(2)16(23)21-17(24)19-3/h7-8,10-11,13H,4-6,9,12H2,1-3H3,(H2,19,21,23,24). The second-order valence-electron chi connectivity index (χ2n) is 5.92. The van der Waals surface area contributed by atoms with E-state index in [2.05, 4.69) is 33.2 Å². The van der Waals surface area contributed by atoms with Gasteiger partial charge in [-0.25, -0.2) is 9.78 Å². The van der Waals surface area contributed by atoms with Crippen LogP contribution in [0.5, 0.6) is 0 Å². The van der Waals surface area contributed by atoms with Crippen molar-refractivity contribution in [1.29, 1.82) is 0 Å². The fourth-order valence-corrected chi connectivity index (χ4v) is 3.49. The highest BCUT2D eigenvalue weighted by molar-refractivity contribution is 8.00. The molecular weight excluding hydrogens is 336 g/mol. The Hall–Kier alpha value is -2.02. The van der Waals surface area contributed by atoms with E-state index in [0.29, 0.717) is 0 Å². The number of nitrogens with one attached hydrogen (secondary N) is 2. The van der Waals surface area contributed by atoms with Gasteiger partial charge in [-0.05, 0) is 25.5 Å². The van der Waals surface area contributed by atoms with Crippen molar-refractivity contribution in [2.45, 2.75) is 56.5 Å². The van der Waals surface area contributed by atoms with Crippen LogP contribution in [0.3, 0.4) is 0 Å². The molecule has 0 aliphatic rings. The summed E-state index contributed by atoms with van der Waals surface area (Å²) in [5.41, 5.74) is 2.01. The largest absolute Gasteiger partial charge is 0.341 e. The average molecular weight is 362 g/mol. The van der Waals surface area contributed by atoms with E-state index in [1.807, 2.05) is 18.2 Å². The number of carbonyl (C=O) groups is 2. The van der Waals surface area contributed by atoms with Crippen LogP contribution in [-0.2, 0) is 11.3 Å². The number of benzene rings is 1. The number of carbonyl (C=O) groups excluding carboxylic acids is 2. The first-order chi connectivity index (χ1) is 12.1. The number of hydrogen-bond donors (Lipinski definition) is 2. The predicted molar refractivity (Wildman–Crippen MR) is 102 cm³/mol. The lowest BCUT2D eigenvalue weighted by Gasteiger charge is -2.13. The first-order valence-electron chi connectivity index (χ1n) is 8.71. The topological polar surface area (TPSA) is 76.0 Å². The zero-order valence-corrected chi connectivity index (χ0v) is 15.9. The monoisotopic (exact) mass is 362 g/mol. The lowest BCUT2D eigenvalue weighted by molar-refractivity contribution is -0.119. The Morgan fingerprint density at radius 1 is 1.24 bits per heavy atom. The van der Waals surface area contributed by atoms with Crippen LogP contribution in [0.15, 0.2) is 29.4 Å². The molecule has 2 N–H and O–H groups in total. The van der Waals surface area contributed by atoms with Gasteiger partial charge in [0, 0.05) is 13.6 Å². The lowest BCUT2D eigenvalue weighted by Crippen LogP contribution is -2.41. The molecule has 0 spiro atoms. The molecule has 2 rings (SSSR count). The molecule has 1 unspecified atom stereocenters. The molecule has 25 heavy (non-hydrogen) atoms. The Kier molecular flexibility index (Phi) is 7.31. The summed E-state index contributed by atoms with van der Waals surface area (Å²) < 4.78 is 2.18. The maximum Gasteiger partial charge on any atom is 0.321 e. The molecule has 1 atom stereocenters. The molecule has 6 nitrogen and oxygen atoms in total. The van der Waals surface area contributed by atoms with Crippen molar-refractivity contribution in [3.8, 4) is 0 Å². The van der Waals surface area contributed by atoms with E-state index in [1.54, 1.807) is 6.92 Å². The lowest BCUT2D eigenvalue weighted by atomic mass is 10.2. The van der Waals surface area contributed by atoms with Crippen LogP contribution < -0.4 is 10.6 Å². The summed E-state index contributed by atoms with van der Waals surface area (Å²) in [5, 5.41) is 5.11. The number of aryl methyl sites for hydroxylation is 1. The molecule has 1 heterocycles. The van der Waals surface area contributed by atoms with Crippen molar-refractivity contribution in [2.75, 3.05) is 7.05 Å². The molecule has 0 aliphatic heterocycles. The van der Waals surface area contributed by atoms with Crippen molar-refractivity contribution in [2.24, 2.45) is 0 Å². The van der Waals surface area contributed by atoms with Crippen LogP contribution in [0, 0.1) is 0 Å². The molecule has 136 valence electrons. The summed E-state index contributed by atoms with van der Waals surface area (Å²) in [6.45, 7) is 4.86. The van der Waals surface area contributed by atoms with Gasteiger partial charge in [0.1, 0.15) is 0 Å². The molecule has 0 saturated heterocycles. The van der Waals surface area contributed by atoms with E-state index in [4.69, 9.17) is 0 Å². The van der Waals surface area contributed by atoms with Crippen LogP contribution in [0.1, 0.15) is 39.5 Å². The normalized spacial score (nSPS) is 12.1. The highest BCUT2D eigenvalue weighted by atomic mass is 32.2. The van der Waals surface area contributed by atoms with Crippen molar-refractivity contribution in [3.05, 3.63) is 24.3 Å². The first-order valence-corrected chi connectivity index (χ1v) is 9.59. The average Bonchev–Trinajstić information content (AvgIpc) is 2.95. The van der Waals surface area contributed by atoms with E-state index in [0.717, 1.165) is 29.2 Å². The number of imide groups is 1. The maximum absolute atomic E-state index is 12.1. The van der Waals surface area contributed by atoms with E-state index in [1.165, 1.54) is 38.1 Å². The number of para-hydroxylation sites is 2. The highest BCUT2D eigenvalue weighted by Crippen LogP contribution is 2.28. The summed E-state index contributed by atoms with van der Waals surface area (Å²) in [4.78, 5) is 28.1. The number of urea groups is 1. The number of rotatable bonds is 8. The fraction of sp³-hybridized carbons (Fsp3) is 0.500. The molecule has 0 fully saturated rings. The number of thioether (sulfide) groups is 1. The molecule has 1 aromatic carbocycles. The quantitative estimate of drug-likeness (QED) is 0.556. The second kappa shape index (κ2) is 9.46. The summed E-state index contributed by atoms with van der Waals surface area (Å²) >= 11 is 1.38. The van der Waals surface area contributed by atoms with Crippen LogP contribution in [0.4, 0.5) is 4.79 Å². The molecule has 1 aromatic heterocycles. The van der Waals surface area contributed by atoms with Gasteiger partial charge in [0.05, 0.1) is 16.3 Å². The number of imidazole rings is 1. The molecule has 2 aromatic rings. The van der Waals surface area contributed by atoms with E-state index < -0.39 is 11.3 Å². The number of nitrogens with zero attached hydrogens (tertiary/aromatic N) is 2. The van der Waals surface area contributed by atoms with Crippen LogP contribution in [-0.4, -0.2) is 33.8 Å². The molecule has 0 bridgehead atoms. The summed E-state index contributed by atoms with van der Waals surface area (Å²) in [5.74, 6) is -0.325. The third-order valence-electron chi connectivity index (χ3n) is 3.97. The van der Waals surface area contributed by atoms with Gasteiger partial charge in [-0.3, -0.25) is 10.1 Å². The molecule has 3 amide bonds. The highest BCUT2D eigenvalue weighted by Gasteiger charge is 2.20. The Balaban J connectivity index is 2.15. The van der Waals surface area contributed by atoms with Gasteiger partial charge in [0.15, 0.2) is 5.16 Å². The van der Waals surface area contributed by atoms with Gasteiger partial charge < -0.3 is 9.88 Å². The van der Waals surface area contributed by atoms with E-state index in [9.17, 15) is 9.59 Å². The van der Waals surface area contributed by atoms with E-state index >= 15 is 0 Å². The number of amides is 3. The van der Waals surface area contributed by atoms with Gasteiger partial charge in [0.25, 0.3) is 0 Å². The minimum atomic E-state index is -0.495. The van der Waals surface area contributed by atoms with Crippen LogP contribution >= 0.6 is 11.8 Å². The van der Waals surface area contributed by atoms with Crippen molar-refractivity contribution in [1.82, 2.24) is 20.2 Å². The molecular formula is C18H26N4O2S. The summed E-state index contributed by atoms with van der Waals surface area (Å²) in [7, 11) is 1.48. The fourth-order valence-electron chi connectivity index (χ4n) is 2.54. The molecule has 7 heteroatoms. The van der Waals surface area contributed by atoms with Gasteiger partial charge in [-0.1, -0.05) is 50.1 Å². The van der Waals surface area contributed by atoms with Crippen LogP contribution in [0.2, 0.25) is 0 Å². The van der Waals surface area contributed by atoms with E-state index in [-0.39, 0.29) is 5.91 Å². The number of hydrogen-bond acceptors (Lipinski definition) is 4. The Morgan fingerprint density at radius 2 is 2.00 bits per heavy atom. The smallest absolute Gasteiger partial charge is 0.321 e. The molecule has 0 saturated carbocycles. The minimum Gasteiger partial charge on any atom is -0.341 e. The minimum absolute atomic E-state index is 0.325. The van der Waals surface area contributed by atoms with Gasteiger partial charge in [-0.15, -0.1) is 0 Å². The van der Waals surface area contributed by atoms with Crippen molar-refractivity contribution >= 4 is 34.7 Å². The van der Waals surface area contributed by atoms with Gasteiger partial charge in [-0.2, -0.15) is 0 Å². The van der Waals surface area contributed by atoms with Crippen LogP contribution in [0.25, 0.3) is 11.0 Å². The van der Waals surface area contributed by atoms with Crippen molar-refractivity contribution in [3.63, 3.8) is 0 Å². The van der Waals surface area contributed by atoms with Crippen molar-refractivity contribution < 1.29 is 9.59 Å². The zero-order valence-electron chi connectivity index (χ0n) is 15.0. The third-order valence-corrected chi connectivity index (χ3v) is 5.06. The number of aromatic nitrogens is 2.